The van der Waals surface area contributed by atoms with Gasteiger partial charge in [-0.05, 0) is 44.2 Å². The summed E-state index contributed by atoms with van der Waals surface area (Å²) in [5.41, 5.74) is 0. The van der Waals surface area contributed by atoms with E-state index in [-0.39, 0.29) is 0 Å². The third-order valence-corrected chi connectivity index (χ3v) is 4.50. The van der Waals surface area contributed by atoms with Gasteiger partial charge in [-0.25, -0.2) is 0 Å². The molecule has 108 valence electrons. The zero-order valence-corrected chi connectivity index (χ0v) is 12.8. The van der Waals surface area contributed by atoms with Crippen LogP contribution < -0.4 is 5.32 Å². The highest BCUT2D eigenvalue weighted by molar-refractivity contribution is 4.73. The number of hydrogen-bond acceptors (Lipinski definition) is 1. The minimum Gasteiger partial charge on any atom is -0.316 e. The Kier molecular flexibility index (Phi) is 9.65. The van der Waals surface area contributed by atoms with Crippen LogP contribution in [-0.4, -0.2) is 13.1 Å². The minimum absolute atomic E-state index is 0.979. The molecule has 0 saturated carbocycles. The Balaban J connectivity index is 2.20. The second-order valence-corrected chi connectivity index (χ2v) is 6.31. The van der Waals surface area contributed by atoms with Crippen molar-refractivity contribution in [2.75, 3.05) is 13.1 Å². The summed E-state index contributed by atoms with van der Waals surface area (Å²) in [7, 11) is 0. The van der Waals surface area contributed by atoms with E-state index in [2.05, 4.69) is 19.2 Å². The highest BCUT2D eigenvalue weighted by Gasteiger charge is 2.18. The molecule has 0 radical (unpaired) electrons. The smallest absolute Gasteiger partial charge is 0.00204 e. The van der Waals surface area contributed by atoms with Crippen LogP contribution in [0.1, 0.15) is 84.5 Å². The van der Waals surface area contributed by atoms with Gasteiger partial charge in [-0.3, -0.25) is 0 Å². The van der Waals surface area contributed by atoms with Crippen LogP contribution in [-0.2, 0) is 0 Å². The summed E-state index contributed by atoms with van der Waals surface area (Å²) in [6.45, 7) is 7.18. The number of hydrogen-bond donors (Lipinski definition) is 1. The molecule has 18 heavy (non-hydrogen) atoms. The van der Waals surface area contributed by atoms with E-state index in [9.17, 15) is 0 Å². The molecule has 1 heteroatoms. The van der Waals surface area contributed by atoms with E-state index in [1.807, 2.05) is 0 Å². The third-order valence-electron chi connectivity index (χ3n) is 4.50. The van der Waals surface area contributed by atoms with Gasteiger partial charge in [0.15, 0.2) is 0 Å². The highest BCUT2D eigenvalue weighted by Crippen LogP contribution is 2.27. The topological polar surface area (TPSA) is 12.0 Å². The number of nitrogens with one attached hydrogen (secondary N) is 1. The fourth-order valence-corrected chi connectivity index (χ4v) is 3.33. The molecule has 1 aliphatic heterocycles. The molecule has 1 rings (SSSR count). The third kappa shape index (κ3) is 7.41. The number of piperidine rings is 1. The van der Waals surface area contributed by atoms with Gasteiger partial charge in [0, 0.05) is 0 Å². The van der Waals surface area contributed by atoms with Gasteiger partial charge < -0.3 is 5.32 Å². The SMILES string of the molecule is CCCCCCC(CCCC)C[C@@H]1CCCNC1. The molecule has 0 amide bonds. The van der Waals surface area contributed by atoms with E-state index in [4.69, 9.17) is 0 Å². The Morgan fingerprint density at radius 1 is 1.00 bits per heavy atom. The summed E-state index contributed by atoms with van der Waals surface area (Å²) in [6, 6.07) is 0. The predicted octanol–water partition coefficient (Wildman–Crippen LogP) is 5.15. The molecule has 1 nitrogen and oxygen atoms in total. The monoisotopic (exact) mass is 253 g/mol. The molecule has 1 fully saturated rings. The van der Waals surface area contributed by atoms with Crippen LogP contribution in [0.4, 0.5) is 0 Å². The van der Waals surface area contributed by atoms with Crippen molar-refractivity contribution in [2.24, 2.45) is 11.8 Å². The van der Waals surface area contributed by atoms with E-state index in [0.29, 0.717) is 0 Å². The second-order valence-electron chi connectivity index (χ2n) is 6.31. The molecule has 1 unspecified atom stereocenters. The first-order valence-electron chi connectivity index (χ1n) is 8.57. The lowest BCUT2D eigenvalue weighted by molar-refractivity contribution is 0.274. The Labute approximate surface area is 115 Å². The van der Waals surface area contributed by atoms with Crippen LogP contribution in [0.15, 0.2) is 0 Å². The summed E-state index contributed by atoms with van der Waals surface area (Å²) in [5, 5.41) is 3.57. The number of unbranched alkanes of at least 4 members (excludes halogenated alkanes) is 4. The van der Waals surface area contributed by atoms with Crippen LogP contribution >= 0.6 is 0 Å². The first-order chi connectivity index (χ1) is 8.86. The number of rotatable bonds is 10. The lowest BCUT2D eigenvalue weighted by atomic mass is 9.83. The van der Waals surface area contributed by atoms with Crippen LogP contribution in [0.3, 0.4) is 0 Å². The van der Waals surface area contributed by atoms with Gasteiger partial charge in [0.25, 0.3) is 0 Å². The average molecular weight is 253 g/mol. The van der Waals surface area contributed by atoms with Gasteiger partial charge in [0.05, 0.1) is 0 Å². The molecule has 1 N–H and O–H groups in total. The van der Waals surface area contributed by atoms with E-state index in [1.165, 1.54) is 83.7 Å². The molecule has 0 aliphatic carbocycles. The van der Waals surface area contributed by atoms with Crippen molar-refractivity contribution in [3.63, 3.8) is 0 Å². The molecule has 0 bridgehead atoms. The van der Waals surface area contributed by atoms with Crippen molar-refractivity contribution in [1.29, 1.82) is 0 Å². The minimum atomic E-state index is 0.979. The van der Waals surface area contributed by atoms with Crippen molar-refractivity contribution in [2.45, 2.75) is 84.5 Å². The van der Waals surface area contributed by atoms with Crippen LogP contribution in [0, 0.1) is 11.8 Å². The van der Waals surface area contributed by atoms with Gasteiger partial charge in [-0.1, -0.05) is 65.2 Å². The van der Waals surface area contributed by atoms with Gasteiger partial charge in [-0.2, -0.15) is 0 Å². The molecule has 2 atom stereocenters. The Bertz CT molecular complexity index is 172. The van der Waals surface area contributed by atoms with Gasteiger partial charge in [0.2, 0.25) is 0 Å². The predicted molar refractivity (Wildman–Crippen MR) is 82.0 cm³/mol. The first-order valence-corrected chi connectivity index (χ1v) is 8.57. The van der Waals surface area contributed by atoms with Crippen LogP contribution in [0.2, 0.25) is 0 Å². The highest BCUT2D eigenvalue weighted by atomic mass is 14.9. The molecule has 0 spiro atoms. The molecular weight excluding hydrogens is 218 g/mol. The first kappa shape index (κ1) is 16.0. The van der Waals surface area contributed by atoms with Crippen LogP contribution in [0.5, 0.6) is 0 Å². The molecule has 1 aliphatic rings. The lowest BCUT2D eigenvalue weighted by Gasteiger charge is -2.27. The lowest BCUT2D eigenvalue weighted by Crippen LogP contribution is -2.31. The Hall–Kier alpha value is -0.0400. The maximum absolute atomic E-state index is 3.57. The Morgan fingerprint density at radius 3 is 2.44 bits per heavy atom. The van der Waals surface area contributed by atoms with Crippen molar-refractivity contribution in [3.8, 4) is 0 Å². The van der Waals surface area contributed by atoms with Crippen molar-refractivity contribution < 1.29 is 0 Å². The molecule has 0 aromatic carbocycles. The quantitative estimate of drug-likeness (QED) is 0.531. The van der Waals surface area contributed by atoms with Gasteiger partial charge in [0.1, 0.15) is 0 Å². The van der Waals surface area contributed by atoms with Crippen molar-refractivity contribution in [3.05, 3.63) is 0 Å². The maximum Gasteiger partial charge on any atom is -0.00204 e. The molecule has 1 heterocycles. The largest absolute Gasteiger partial charge is 0.316 e. The standard InChI is InChI=1S/C17H35N/c1-3-5-7-8-11-16(10-6-4-2)14-17-12-9-13-18-15-17/h16-18H,3-15H2,1-2H3/t16?,17-/m0/s1. The van der Waals surface area contributed by atoms with E-state index in [1.54, 1.807) is 0 Å². The summed E-state index contributed by atoms with van der Waals surface area (Å²) in [5.74, 6) is 2.00. The van der Waals surface area contributed by atoms with Gasteiger partial charge in [-0.15, -0.1) is 0 Å². The summed E-state index contributed by atoms with van der Waals surface area (Å²) < 4.78 is 0. The summed E-state index contributed by atoms with van der Waals surface area (Å²) in [4.78, 5) is 0. The Morgan fingerprint density at radius 2 is 1.78 bits per heavy atom. The molecule has 0 aromatic heterocycles. The normalized spacial score (nSPS) is 22.0. The fourth-order valence-electron chi connectivity index (χ4n) is 3.33. The van der Waals surface area contributed by atoms with Crippen LogP contribution in [0.25, 0.3) is 0 Å². The van der Waals surface area contributed by atoms with E-state index >= 15 is 0 Å². The fraction of sp³-hybridized carbons (Fsp3) is 1.00. The average Bonchev–Trinajstić information content (AvgIpc) is 2.41. The zero-order chi connectivity index (χ0) is 13.1. The van der Waals surface area contributed by atoms with Crippen molar-refractivity contribution in [1.82, 2.24) is 5.32 Å². The maximum atomic E-state index is 3.57. The summed E-state index contributed by atoms with van der Waals surface area (Å²) >= 11 is 0. The molecule has 0 aromatic rings. The van der Waals surface area contributed by atoms with E-state index in [0.717, 1.165) is 11.8 Å². The zero-order valence-electron chi connectivity index (χ0n) is 12.8. The van der Waals surface area contributed by atoms with Gasteiger partial charge >= 0.3 is 0 Å². The second kappa shape index (κ2) is 10.8. The molecule has 1 saturated heterocycles. The molecular formula is C17H35N. The van der Waals surface area contributed by atoms with Crippen molar-refractivity contribution >= 4 is 0 Å². The van der Waals surface area contributed by atoms with E-state index < -0.39 is 0 Å². The summed E-state index contributed by atoms with van der Waals surface area (Å²) in [6.07, 6.45) is 15.9.